The van der Waals surface area contributed by atoms with E-state index in [1.54, 1.807) is 53.4 Å². The highest BCUT2D eigenvalue weighted by Crippen LogP contribution is 2.42. The van der Waals surface area contributed by atoms with Crippen molar-refractivity contribution in [2.24, 2.45) is 5.41 Å². The van der Waals surface area contributed by atoms with E-state index in [9.17, 15) is 32.7 Å². The van der Waals surface area contributed by atoms with Gasteiger partial charge < -0.3 is 40.3 Å². The van der Waals surface area contributed by atoms with Crippen LogP contribution in [0.25, 0.3) is 42.4 Å². The third-order valence-electron chi connectivity index (χ3n) is 11.4. The summed E-state index contributed by atoms with van der Waals surface area (Å²) in [4.78, 5) is 57.9. The SMILES string of the molecule is Cc1ncsc1-c1ccc(CNC(=O)[C@@H]2C[C@@H](O)CN2C(=O)[C@@H](NC(=O)COCCOCCNc2ccc3nc(-c4ccc(-c5ccc(N(C)C)nc5)cc4C(F)(F)F)sc3c2)C(C)(C)C)cc1. The van der Waals surface area contributed by atoms with Crippen molar-refractivity contribution in [1.82, 2.24) is 30.5 Å². The molecule has 14 nitrogen and oxygen atoms in total. The minimum Gasteiger partial charge on any atom is -0.391 e. The van der Waals surface area contributed by atoms with Crippen molar-refractivity contribution in [3.8, 4) is 32.1 Å². The number of aliphatic hydroxyl groups is 1. The van der Waals surface area contributed by atoms with Gasteiger partial charge >= 0.3 is 6.18 Å². The number of nitrogens with zero attached hydrogens (tertiary/aromatic N) is 5. The Morgan fingerprint density at radius 1 is 0.926 bits per heavy atom. The lowest BCUT2D eigenvalue weighted by molar-refractivity contribution is -0.144. The van der Waals surface area contributed by atoms with E-state index in [1.807, 2.05) is 77.0 Å². The number of benzene rings is 3. The van der Waals surface area contributed by atoms with Gasteiger partial charge in [-0.1, -0.05) is 57.2 Å². The number of pyridine rings is 1. The molecule has 0 saturated carbocycles. The molecule has 1 aliphatic rings. The van der Waals surface area contributed by atoms with Crippen molar-refractivity contribution >= 4 is 62.1 Å². The first kappa shape index (κ1) is 49.9. The quantitative estimate of drug-likeness (QED) is 0.0620. The molecule has 0 aliphatic carbocycles. The molecule has 3 amide bonds. The zero-order valence-corrected chi connectivity index (χ0v) is 40.3. The molecule has 1 aliphatic heterocycles. The van der Waals surface area contributed by atoms with Crippen molar-refractivity contribution in [2.75, 3.05) is 63.8 Å². The van der Waals surface area contributed by atoms with Crippen LogP contribution in [0.2, 0.25) is 0 Å². The van der Waals surface area contributed by atoms with Crippen molar-refractivity contribution in [3.05, 3.63) is 101 Å². The van der Waals surface area contributed by atoms with Gasteiger partial charge in [-0.05, 0) is 65.4 Å². The van der Waals surface area contributed by atoms with Gasteiger partial charge in [0, 0.05) is 63.2 Å². The zero-order chi connectivity index (χ0) is 48.8. The number of β-amino-alcohol motifs (C(OH)–C–C–N with tert-alkyl or cyclic N) is 1. The summed E-state index contributed by atoms with van der Waals surface area (Å²) >= 11 is 2.73. The molecule has 0 spiro atoms. The summed E-state index contributed by atoms with van der Waals surface area (Å²) < 4.78 is 55.1. The van der Waals surface area contributed by atoms with Crippen LogP contribution in [0.1, 0.15) is 44.0 Å². The number of ether oxygens (including phenoxy) is 2. The molecule has 3 atom stereocenters. The lowest BCUT2D eigenvalue weighted by Crippen LogP contribution is -2.58. The number of carbonyl (C=O) groups is 3. The maximum atomic E-state index is 14.4. The highest BCUT2D eigenvalue weighted by Gasteiger charge is 2.44. The normalized spacial score (nSPS) is 15.6. The Morgan fingerprint density at radius 3 is 2.34 bits per heavy atom. The average molecular weight is 973 g/mol. The Morgan fingerprint density at radius 2 is 1.66 bits per heavy atom. The lowest BCUT2D eigenvalue weighted by Gasteiger charge is -2.35. The fourth-order valence-electron chi connectivity index (χ4n) is 7.75. The number of carbonyl (C=O) groups excluding carboxylic acids is 3. The molecule has 0 radical (unpaired) electrons. The number of aromatic nitrogens is 3. The van der Waals surface area contributed by atoms with Crippen LogP contribution >= 0.6 is 22.7 Å². The van der Waals surface area contributed by atoms with Crippen LogP contribution in [0.3, 0.4) is 0 Å². The smallest absolute Gasteiger partial charge is 0.391 e. The van der Waals surface area contributed by atoms with E-state index >= 15 is 0 Å². The number of likely N-dealkylation sites (tertiary alicyclic amines) is 1. The second-order valence-electron chi connectivity index (χ2n) is 17.8. The number of anilines is 2. The second kappa shape index (κ2) is 21.5. The Bertz CT molecular complexity index is 2700. The molecule has 6 aromatic rings. The van der Waals surface area contributed by atoms with Crippen LogP contribution in [0.4, 0.5) is 24.7 Å². The summed E-state index contributed by atoms with van der Waals surface area (Å²) in [5.41, 5.74) is 5.45. The van der Waals surface area contributed by atoms with E-state index in [0.717, 1.165) is 33.5 Å². The van der Waals surface area contributed by atoms with Crippen LogP contribution in [-0.2, 0) is 36.6 Å². The number of amides is 3. The van der Waals surface area contributed by atoms with E-state index in [1.165, 1.54) is 22.3 Å². The number of alkyl halides is 3. The molecule has 19 heteroatoms. The summed E-state index contributed by atoms with van der Waals surface area (Å²) in [5.74, 6) is -0.689. The minimum absolute atomic E-state index is 0.000423. The largest absolute Gasteiger partial charge is 0.417 e. The highest BCUT2D eigenvalue weighted by atomic mass is 32.1. The number of aryl methyl sites for hydroxylation is 1. The summed E-state index contributed by atoms with van der Waals surface area (Å²) in [6.07, 6.45) is -3.87. The molecule has 4 heterocycles. The molecular weight excluding hydrogens is 918 g/mol. The maximum absolute atomic E-state index is 14.4. The van der Waals surface area contributed by atoms with Crippen LogP contribution < -0.4 is 20.9 Å². The third kappa shape index (κ3) is 12.4. The van der Waals surface area contributed by atoms with Crippen LogP contribution in [-0.4, -0.2) is 114 Å². The van der Waals surface area contributed by atoms with Gasteiger partial charge in [-0.25, -0.2) is 15.0 Å². The van der Waals surface area contributed by atoms with E-state index in [0.29, 0.717) is 40.3 Å². The Balaban J connectivity index is 0.845. The predicted molar refractivity (Wildman–Crippen MR) is 259 cm³/mol. The predicted octanol–water partition coefficient (Wildman–Crippen LogP) is 7.80. The number of rotatable bonds is 18. The molecule has 68 heavy (non-hydrogen) atoms. The first-order valence-corrected chi connectivity index (χ1v) is 23.8. The highest BCUT2D eigenvalue weighted by molar-refractivity contribution is 7.21. The first-order chi connectivity index (χ1) is 32.3. The fraction of sp³-hybridized carbons (Fsp3) is 0.388. The van der Waals surface area contributed by atoms with Gasteiger partial charge in [-0.2, -0.15) is 13.2 Å². The topological polar surface area (TPSA) is 171 Å². The standard InChI is InChI=1S/C49H55F3N8O6S2/c1-29-43(67-28-56-29)31-9-7-30(8-10-31)24-55-45(63)39-23-35(61)26-60(39)47(64)44(48(2,3)4)58-42(62)27-66-20-19-65-18-17-53-34-13-15-38-40(22-34)68-46(57-38)36-14-11-32(21-37(36)49(50,51)52)33-12-16-41(54-25-33)59(5)6/h7-16,21-22,25,28,35,39,44,53,61H,17-20,23-24,26-27H2,1-6H3,(H,55,63)(H,58,62)/t35-,39+,44-/m1/s1. The summed E-state index contributed by atoms with van der Waals surface area (Å²) in [6, 6.07) is 19.0. The third-order valence-corrected chi connectivity index (χ3v) is 13.4. The molecule has 1 fully saturated rings. The number of fused-ring (bicyclic) bond motifs is 1. The number of nitrogens with one attached hydrogen (secondary N) is 3. The van der Waals surface area contributed by atoms with E-state index < -0.39 is 53.1 Å². The Kier molecular flexibility index (Phi) is 15.8. The van der Waals surface area contributed by atoms with E-state index in [2.05, 4.69) is 30.9 Å². The van der Waals surface area contributed by atoms with Crippen LogP contribution in [0.15, 0.2) is 84.5 Å². The maximum Gasteiger partial charge on any atom is 0.417 e. The van der Waals surface area contributed by atoms with Gasteiger partial charge in [0.25, 0.3) is 0 Å². The van der Waals surface area contributed by atoms with Gasteiger partial charge in [0.2, 0.25) is 17.7 Å². The van der Waals surface area contributed by atoms with Crippen molar-refractivity contribution in [3.63, 3.8) is 0 Å². The molecule has 7 rings (SSSR count). The molecule has 0 unspecified atom stereocenters. The van der Waals surface area contributed by atoms with Gasteiger partial charge in [0.15, 0.2) is 0 Å². The lowest BCUT2D eigenvalue weighted by atomic mass is 9.85. The summed E-state index contributed by atoms with van der Waals surface area (Å²) in [6.45, 7) is 8.25. The molecule has 360 valence electrons. The molecule has 4 N–H and O–H groups in total. The van der Waals surface area contributed by atoms with Crippen molar-refractivity contribution in [1.29, 1.82) is 0 Å². The van der Waals surface area contributed by atoms with Crippen molar-refractivity contribution in [2.45, 2.75) is 65.0 Å². The van der Waals surface area contributed by atoms with E-state index in [-0.39, 0.29) is 49.9 Å². The van der Waals surface area contributed by atoms with Crippen LogP contribution in [0.5, 0.6) is 0 Å². The summed E-state index contributed by atoms with van der Waals surface area (Å²) in [5, 5.41) is 19.8. The Labute approximate surface area is 400 Å². The molecule has 3 aromatic carbocycles. The molecular formula is C49H55F3N8O6S2. The van der Waals surface area contributed by atoms with Gasteiger partial charge in [-0.15, -0.1) is 22.7 Å². The molecule has 1 saturated heterocycles. The summed E-state index contributed by atoms with van der Waals surface area (Å²) in [7, 11) is 3.68. The molecule has 0 bridgehead atoms. The zero-order valence-electron chi connectivity index (χ0n) is 38.6. The number of thiazole rings is 2. The first-order valence-electron chi connectivity index (χ1n) is 22.1. The number of halogens is 3. The van der Waals surface area contributed by atoms with Gasteiger partial charge in [-0.3, -0.25) is 14.4 Å². The molecule has 3 aromatic heterocycles. The van der Waals surface area contributed by atoms with Gasteiger partial charge in [0.05, 0.1) is 57.8 Å². The van der Waals surface area contributed by atoms with E-state index in [4.69, 9.17) is 9.47 Å². The number of hydrogen-bond acceptors (Lipinski definition) is 13. The minimum atomic E-state index is -4.61. The monoisotopic (exact) mass is 972 g/mol. The van der Waals surface area contributed by atoms with Crippen molar-refractivity contribution < 1.29 is 42.1 Å². The number of hydrogen-bond donors (Lipinski definition) is 4. The number of aliphatic hydroxyl groups excluding tert-OH is 1. The Hall–Kier alpha value is -5.99. The fourth-order valence-corrected chi connectivity index (χ4v) is 9.61. The average Bonchev–Trinajstić information content (AvgIpc) is 4.05. The van der Waals surface area contributed by atoms with Crippen LogP contribution in [0, 0.1) is 12.3 Å². The van der Waals surface area contributed by atoms with Gasteiger partial charge in [0.1, 0.15) is 29.5 Å². The second-order valence-corrected chi connectivity index (χ2v) is 19.7.